The topological polar surface area (TPSA) is 40.5 Å². The molecule has 1 aliphatic rings. The molecule has 0 saturated heterocycles. The van der Waals surface area contributed by atoms with Crippen molar-refractivity contribution < 1.29 is 14.6 Å². The minimum absolute atomic E-state index is 0.100. The Morgan fingerprint density at radius 2 is 1.84 bits per heavy atom. The zero-order chi connectivity index (χ0) is 13.9. The van der Waals surface area contributed by atoms with E-state index in [4.69, 9.17) is 11.6 Å². The molecule has 2 N–H and O–H groups in total. The number of rotatable bonds is 3. The van der Waals surface area contributed by atoms with Crippen LogP contribution in [0.15, 0.2) is 18.2 Å². The van der Waals surface area contributed by atoms with Crippen molar-refractivity contribution in [1.29, 1.82) is 0 Å². The van der Waals surface area contributed by atoms with Gasteiger partial charge in [-0.05, 0) is 36.6 Å². The Morgan fingerprint density at radius 1 is 1.21 bits per heavy atom. The average molecular weight is 287 g/mol. The van der Waals surface area contributed by atoms with Gasteiger partial charge >= 0.3 is 0 Å². The Labute approximate surface area is 118 Å². The summed E-state index contributed by atoms with van der Waals surface area (Å²) in [5, 5.41) is 21.2. The Hall–Kier alpha value is -0.640. The second-order valence-corrected chi connectivity index (χ2v) is 5.91. The van der Waals surface area contributed by atoms with E-state index in [1.165, 1.54) is 18.2 Å². The van der Waals surface area contributed by atoms with E-state index in [1.54, 1.807) is 0 Å². The molecule has 106 valence electrons. The fraction of sp³-hybridized carbons (Fsp3) is 0.600. The van der Waals surface area contributed by atoms with Crippen molar-refractivity contribution in [2.24, 2.45) is 0 Å². The molecule has 2 rings (SSSR count). The lowest BCUT2D eigenvalue weighted by atomic mass is 9.85. The number of hydrogen-bond acceptors (Lipinski definition) is 2. The summed E-state index contributed by atoms with van der Waals surface area (Å²) in [5.41, 5.74) is -0.733. The molecule has 0 radical (unpaired) electrons. The molecule has 0 spiro atoms. The number of aliphatic hydroxyl groups is 2. The zero-order valence-electron chi connectivity index (χ0n) is 10.9. The highest BCUT2D eigenvalue weighted by molar-refractivity contribution is 6.30. The summed E-state index contributed by atoms with van der Waals surface area (Å²) in [7, 11) is 0. The second kappa shape index (κ2) is 6.21. The number of aliphatic hydroxyl groups excluding tert-OH is 1. The molecule has 0 bridgehead atoms. The first kappa shape index (κ1) is 14.8. The fourth-order valence-electron chi connectivity index (χ4n) is 2.77. The van der Waals surface area contributed by atoms with Crippen LogP contribution in [0.4, 0.5) is 4.39 Å². The van der Waals surface area contributed by atoms with Crippen molar-refractivity contribution in [3.63, 3.8) is 0 Å². The minimum Gasteiger partial charge on any atom is -0.390 e. The highest BCUT2D eigenvalue weighted by Crippen LogP contribution is 2.32. The summed E-state index contributed by atoms with van der Waals surface area (Å²) in [4.78, 5) is 0. The number of hydrogen-bond donors (Lipinski definition) is 2. The van der Waals surface area contributed by atoms with E-state index in [1.807, 2.05) is 0 Å². The fourth-order valence-corrected chi connectivity index (χ4v) is 2.97. The molecule has 4 heteroatoms. The van der Waals surface area contributed by atoms with Crippen molar-refractivity contribution in [2.45, 2.75) is 56.7 Å². The third-order valence-corrected chi connectivity index (χ3v) is 4.25. The first-order valence-corrected chi connectivity index (χ1v) is 7.23. The molecule has 1 aliphatic carbocycles. The predicted molar refractivity (Wildman–Crippen MR) is 73.8 cm³/mol. The van der Waals surface area contributed by atoms with Gasteiger partial charge in [0.15, 0.2) is 0 Å². The van der Waals surface area contributed by atoms with Crippen LogP contribution in [0.3, 0.4) is 0 Å². The molecular formula is C15H20ClFO2. The maximum Gasteiger partial charge on any atom is 0.126 e. The first-order chi connectivity index (χ1) is 9.01. The summed E-state index contributed by atoms with van der Waals surface area (Å²) in [6.07, 6.45) is 4.30. The van der Waals surface area contributed by atoms with E-state index in [-0.39, 0.29) is 12.2 Å². The zero-order valence-corrected chi connectivity index (χ0v) is 11.7. The minimum atomic E-state index is -1.09. The van der Waals surface area contributed by atoms with Gasteiger partial charge in [-0.3, -0.25) is 0 Å². The van der Waals surface area contributed by atoms with Crippen molar-refractivity contribution in [3.05, 3.63) is 34.6 Å². The summed E-state index contributed by atoms with van der Waals surface area (Å²) < 4.78 is 13.7. The highest BCUT2D eigenvalue weighted by atomic mass is 35.5. The van der Waals surface area contributed by atoms with Gasteiger partial charge < -0.3 is 10.2 Å². The SMILES string of the molecule is OC(Cc1cc(Cl)ccc1F)C1(O)CCCCCC1. The lowest BCUT2D eigenvalue weighted by molar-refractivity contribution is -0.0839. The van der Waals surface area contributed by atoms with Crippen LogP contribution in [0.25, 0.3) is 0 Å². The van der Waals surface area contributed by atoms with E-state index in [9.17, 15) is 14.6 Å². The van der Waals surface area contributed by atoms with Crippen molar-refractivity contribution in [1.82, 2.24) is 0 Å². The smallest absolute Gasteiger partial charge is 0.126 e. The van der Waals surface area contributed by atoms with Crippen LogP contribution in [0.2, 0.25) is 5.02 Å². The largest absolute Gasteiger partial charge is 0.390 e. The maximum atomic E-state index is 13.7. The van der Waals surface area contributed by atoms with Gasteiger partial charge in [0.1, 0.15) is 5.82 Å². The van der Waals surface area contributed by atoms with Crippen LogP contribution in [0.1, 0.15) is 44.1 Å². The van der Waals surface area contributed by atoms with Gasteiger partial charge in [-0.25, -0.2) is 4.39 Å². The van der Waals surface area contributed by atoms with Gasteiger partial charge in [-0.15, -0.1) is 0 Å². The van der Waals surface area contributed by atoms with Gasteiger partial charge in [0.25, 0.3) is 0 Å². The van der Waals surface area contributed by atoms with Crippen LogP contribution in [0.5, 0.6) is 0 Å². The molecule has 2 nitrogen and oxygen atoms in total. The molecule has 1 fully saturated rings. The molecule has 0 amide bonds. The molecule has 0 aromatic heterocycles. The molecular weight excluding hydrogens is 267 g/mol. The van der Waals surface area contributed by atoms with Gasteiger partial charge in [0.2, 0.25) is 0 Å². The predicted octanol–water partition coefficient (Wildman–Crippen LogP) is 3.47. The molecule has 1 atom stereocenters. The van der Waals surface area contributed by atoms with Crippen LogP contribution in [-0.2, 0) is 6.42 Å². The Balaban J connectivity index is 2.10. The highest BCUT2D eigenvalue weighted by Gasteiger charge is 2.36. The van der Waals surface area contributed by atoms with E-state index in [2.05, 4.69) is 0 Å². The van der Waals surface area contributed by atoms with E-state index in [0.29, 0.717) is 23.4 Å². The van der Waals surface area contributed by atoms with Crippen LogP contribution in [-0.4, -0.2) is 21.9 Å². The normalized spacial score (nSPS) is 20.8. The van der Waals surface area contributed by atoms with E-state index in [0.717, 1.165) is 25.7 Å². The maximum absolute atomic E-state index is 13.7. The first-order valence-electron chi connectivity index (χ1n) is 6.86. The van der Waals surface area contributed by atoms with E-state index >= 15 is 0 Å². The summed E-state index contributed by atoms with van der Waals surface area (Å²) in [5.74, 6) is -0.388. The average Bonchev–Trinajstić information content (AvgIpc) is 2.60. The molecule has 0 heterocycles. The van der Waals surface area contributed by atoms with Crippen molar-refractivity contribution >= 4 is 11.6 Å². The van der Waals surface area contributed by atoms with E-state index < -0.39 is 11.7 Å². The van der Waals surface area contributed by atoms with Crippen molar-refractivity contribution in [2.75, 3.05) is 0 Å². The lowest BCUT2D eigenvalue weighted by Gasteiger charge is -2.32. The van der Waals surface area contributed by atoms with Gasteiger partial charge in [-0.1, -0.05) is 37.3 Å². The molecule has 19 heavy (non-hydrogen) atoms. The van der Waals surface area contributed by atoms with Crippen LogP contribution < -0.4 is 0 Å². The van der Waals surface area contributed by atoms with Gasteiger partial charge in [0.05, 0.1) is 11.7 Å². The number of benzene rings is 1. The van der Waals surface area contributed by atoms with Gasteiger partial charge in [-0.2, -0.15) is 0 Å². The second-order valence-electron chi connectivity index (χ2n) is 5.47. The Morgan fingerprint density at radius 3 is 2.47 bits per heavy atom. The summed E-state index contributed by atoms with van der Waals surface area (Å²) in [6, 6.07) is 4.29. The lowest BCUT2D eigenvalue weighted by Crippen LogP contribution is -2.43. The quantitative estimate of drug-likeness (QED) is 0.836. The standard InChI is InChI=1S/C15H20ClFO2/c16-12-5-6-13(17)11(9-12)10-14(18)15(19)7-3-1-2-4-8-15/h5-6,9,14,18-19H,1-4,7-8,10H2. The molecule has 1 aromatic rings. The summed E-state index contributed by atoms with van der Waals surface area (Å²) in [6.45, 7) is 0. The van der Waals surface area contributed by atoms with Crippen LogP contribution >= 0.6 is 11.6 Å². The van der Waals surface area contributed by atoms with Crippen molar-refractivity contribution in [3.8, 4) is 0 Å². The third-order valence-electron chi connectivity index (χ3n) is 4.01. The Bertz CT molecular complexity index is 428. The molecule has 1 aromatic carbocycles. The molecule has 0 aliphatic heterocycles. The third kappa shape index (κ3) is 3.68. The monoisotopic (exact) mass is 286 g/mol. The molecule has 1 saturated carbocycles. The summed E-state index contributed by atoms with van der Waals surface area (Å²) >= 11 is 5.84. The van der Waals surface area contributed by atoms with Crippen LogP contribution in [0, 0.1) is 5.82 Å². The molecule has 1 unspecified atom stereocenters. The number of halogens is 2. The Kier molecular flexibility index (Phi) is 4.82. The van der Waals surface area contributed by atoms with Gasteiger partial charge in [0, 0.05) is 11.4 Å².